The lowest BCUT2D eigenvalue weighted by molar-refractivity contribution is 0.102. The molecule has 0 bridgehead atoms. The summed E-state index contributed by atoms with van der Waals surface area (Å²) in [5.41, 5.74) is 2.75. The number of H-pyrrole nitrogens is 2. The number of carbonyl (C=O) groups is 1. The number of anilines is 1. The van der Waals surface area contributed by atoms with E-state index < -0.39 is 0 Å². The van der Waals surface area contributed by atoms with Crippen LogP contribution in [0.25, 0.3) is 11.2 Å². The molecule has 1 amide bonds. The Hall–Kier alpha value is -2.93. The third-order valence-corrected chi connectivity index (χ3v) is 5.44. The van der Waals surface area contributed by atoms with Crippen molar-refractivity contribution >= 4 is 22.8 Å². The molecule has 7 heteroatoms. The van der Waals surface area contributed by atoms with Gasteiger partial charge in [-0.25, -0.2) is 9.78 Å². The first-order valence-electron chi connectivity index (χ1n) is 9.78. The van der Waals surface area contributed by atoms with E-state index in [9.17, 15) is 9.59 Å². The number of carbonyl (C=O) groups excluding carboxylic acids is 1. The fourth-order valence-electron chi connectivity index (χ4n) is 3.70. The normalized spacial score (nSPS) is 15.8. The fraction of sp³-hybridized carbons (Fsp3) is 0.381. The van der Waals surface area contributed by atoms with Gasteiger partial charge in [0.15, 0.2) is 5.65 Å². The number of benzene rings is 1. The summed E-state index contributed by atoms with van der Waals surface area (Å²) in [5.74, 6) is 0.564. The highest BCUT2D eigenvalue weighted by atomic mass is 16.2. The summed E-state index contributed by atoms with van der Waals surface area (Å²) in [4.78, 5) is 36.0. The Bertz CT molecular complexity index is 1030. The van der Waals surface area contributed by atoms with Crippen molar-refractivity contribution in [3.05, 3.63) is 58.1 Å². The van der Waals surface area contributed by atoms with Crippen molar-refractivity contribution in [3.8, 4) is 0 Å². The number of hydrogen-bond acceptors (Lipinski definition) is 4. The van der Waals surface area contributed by atoms with Crippen LogP contribution < -0.4 is 11.0 Å². The zero-order valence-electron chi connectivity index (χ0n) is 16.0. The highest BCUT2D eigenvalue weighted by Gasteiger charge is 2.16. The molecule has 0 saturated carbocycles. The van der Waals surface area contributed by atoms with Gasteiger partial charge in [0, 0.05) is 18.4 Å². The number of piperidine rings is 1. The maximum absolute atomic E-state index is 12.7. The van der Waals surface area contributed by atoms with Crippen LogP contribution in [-0.2, 0) is 6.42 Å². The molecule has 7 nitrogen and oxygen atoms in total. The van der Waals surface area contributed by atoms with Crippen molar-refractivity contribution in [2.75, 3.05) is 25.0 Å². The minimum absolute atomic E-state index is 0.273. The smallest absolute Gasteiger partial charge is 0.322 e. The molecule has 4 rings (SSSR count). The van der Waals surface area contributed by atoms with E-state index in [0.29, 0.717) is 16.7 Å². The van der Waals surface area contributed by atoms with Gasteiger partial charge in [-0.15, -0.1) is 0 Å². The van der Waals surface area contributed by atoms with Crippen molar-refractivity contribution in [1.29, 1.82) is 0 Å². The molecule has 0 atom stereocenters. The van der Waals surface area contributed by atoms with Gasteiger partial charge in [-0.2, -0.15) is 0 Å². The molecule has 0 unspecified atom stereocenters. The summed E-state index contributed by atoms with van der Waals surface area (Å²) in [6, 6.07) is 9.55. The maximum atomic E-state index is 12.7. The van der Waals surface area contributed by atoms with Gasteiger partial charge in [0.2, 0.25) is 0 Å². The third-order valence-electron chi connectivity index (χ3n) is 5.44. The molecule has 0 spiro atoms. The zero-order chi connectivity index (χ0) is 19.5. The molecule has 1 aliphatic heterocycles. The van der Waals surface area contributed by atoms with Crippen LogP contribution in [0.4, 0.5) is 5.69 Å². The van der Waals surface area contributed by atoms with E-state index in [1.54, 1.807) is 6.07 Å². The van der Waals surface area contributed by atoms with E-state index in [1.807, 2.05) is 18.2 Å². The minimum Gasteiger partial charge on any atom is -0.322 e. The van der Waals surface area contributed by atoms with Crippen LogP contribution in [0.2, 0.25) is 0 Å². The molecule has 0 radical (unpaired) electrons. The van der Waals surface area contributed by atoms with Crippen LogP contribution in [0.5, 0.6) is 0 Å². The van der Waals surface area contributed by atoms with Crippen LogP contribution in [0, 0.1) is 5.92 Å². The minimum atomic E-state index is -0.378. The first-order chi connectivity index (χ1) is 13.6. The molecule has 28 heavy (non-hydrogen) atoms. The topological polar surface area (TPSA) is 93.9 Å². The molecule has 3 aromatic rings. The number of nitrogens with zero attached hydrogens (tertiary/aromatic N) is 2. The summed E-state index contributed by atoms with van der Waals surface area (Å²) in [7, 11) is 0. The van der Waals surface area contributed by atoms with Crippen LogP contribution in [-0.4, -0.2) is 45.4 Å². The largest absolute Gasteiger partial charge is 0.325 e. The van der Waals surface area contributed by atoms with Gasteiger partial charge in [0.1, 0.15) is 0 Å². The number of imidazole rings is 1. The quantitative estimate of drug-likeness (QED) is 0.635. The van der Waals surface area contributed by atoms with Crippen molar-refractivity contribution in [2.24, 2.45) is 5.92 Å². The molecule has 146 valence electrons. The standard InChI is InChI=1S/C21H25N5O2/c1-14-6-10-26(11-7-14)12-8-15-3-2-4-16(13-15)23-20(27)17-5-9-22-19-18(17)24-21(28)25-19/h2-5,9,13-14H,6-8,10-12H2,1H3,(H,23,27)(H2,22,24,25,28). The number of nitrogens with one attached hydrogen (secondary N) is 3. The Labute approximate surface area is 163 Å². The van der Waals surface area contributed by atoms with Gasteiger partial charge in [-0.1, -0.05) is 19.1 Å². The number of pyridine rings is 1. The highest BCUT2D eigenvalue weighted by Crippen LogP contribution is 2.18. The van der Waals surface area contributed by atoms with Crippen LogP contribution in [0.3, 0.4) is 0 Å². The van der Waals surface area contributed by atoms with E-state index in [1.165, 1.54) is 37.7 Å². The second-order valence-electron chi connectivity index (χ2n) is 7.59. The molecule has 3 N–H and O–H groups in total. The Kier molecular flexibility index (Phi) is 5.25. The zero-order valence-corrected chi connectivity index (χ0v) is 16.0. The third kappa shape index (κ3) is 4.14. The van der Waals surface area contributed by atoms with E-state index in [4.69, 9.17) is 0 Å². The SMILES string of the molecule is CC1CCN(CCc2cccc(NC(=O)c3ccnc4[nH]c(=O)[nH]c34)c2)CC1. The predicted octanol–water partition coefficient (Wildman–Crippen LogP) is 2.78. The number of amides is 1. The van der Waals surface area contributed by atoms with Gasteiger partial charge >= 0.3 is 5.69 Å². The van der Waals surface area contributed by atoms with Gasteiger partial charge in [-0.05, 0) is 62.0 Å². The lowest BCUT2D eigenvalue weighted by atomic mass is 9.99. The Morgan fingerprint density at radius 3 is 2.89 bits per heavy atom. The van der Waals surface area contributed by atoms with Crippen LogP contribution in [0.15, 0.2) is 41.3 Å². The molecule has 1 saturated heterocycles. The van der Waals surface area contributed by atoms with E-state index >= 15 is 0 Å². The molecule has 1 fully saturated rings. The second-order valence-corrected chi connectivity index (χ2v) is 7.59. The average molecular weight is 379 g/mol. The lowest BCUT2D eigenvalue weighted by Gasteiger charge is -2.30. The molecule has 0 aliphatic carbocycles. The molecule has 3 heterocycles. The summed E-state index contributed by atoms with van der Waals surface area (Å²) in [6.45, 7) is 5.71. The predicted molar refractivity (Wildman–Crippen MR) is 110 cm³/mol. The van der Waals surface area contributed by atoms with E-state index in [2.05, 4.69) is 38.2 Å². The summed E-state index contributed by atoms with van der Waals surface area (Å²) < 4.78 is 0. The second kappa shape index (κ2) is 7.98. The number of fused-ring (bicyclic) bond motifs is 1. The molecule has 1 aliphatic rings. The Balaban J connectivity index is 1.42. The van der Waals surface area contributed by atoms with Gasteiger partial charge in [-0.3, -0.25) is 9.78 Å². The number of aromatic nitrogens is 3. The van der Waals surface area contributed by atoms with Crippen molar-refractivity contribution in [1.82, 2.24) is 19.9 Å². The molecular formula is C21H25N5O2. The number of hydrogen-bond donors (Lipinski definition) is 3. The van der Waals surface area contributed by atoms with E-state index in [-0.39, 0.29) is 11.6 Å². The fourth-order valence-corrected chi connectivity index (χ4v) is 3.70. The number of aromatic amines is 2. The summed E-state index contributed by atoms with van der Waals surface area (Å²) in [6.07, 6.45) is 5.02. The lowest BCUT2D eigenvalue weighted by Crippen LogP contribution is -2.34. The number of rotatable bonds is 5. The van der Waals surface area contributed by atoms with Crippen molar-refractivity contribution in [3.63, 3.8) is 0 Å². The summed E-state index contributed by atoms with van der Waals surface area (Å²) in [5, 5.41) is 2.93. The van der Waals surface area contributed by atoms with Crippen molar-refractivity contribution < 1.29 is 4.79 Å². The van der Waals surface area contributed by atoms with E-state index in [0.717, 1.165) is 24.6 Å². The average Bonchev–Trinajstić information content (AvgIpc) is 3.08. The molecule has 1 aromatic carbocycles. The molecule has 2 aromatic heterocycles. The first-order valence-corrected chi connectivity index (χ1v) is 9.78. The van der Waals surface area contributed by atoms with Crippen molar-refractivity contribution in [2.45, 2.75) is 26.2 Å². The maximum Gasteiger partial charge on any atom is 0.325 e. The Morgan fingerprint density at radius 1 is 1.25 bits per heavy atom. The van der Waals surface area contributed by atoms with Crippen LogP contribution >= 0.6 is 0 Å². The summed E-state index contributed by atoms with van der Waals surface area (Å²) >= 11 is 0. The van der Waals surface area contributed by atoms with Crippen LogP contribution in [0.1, 0.15) is 35.7 Å². The Morgan fingerprint density at radius 2 is 2.07 bits per heavy atom. The first kappa shape index (κ1) is 18.4. The molecular weight excluding hydrogens is 354 g/mol. The van der Waals surface area contributed by atoms with Gasteiger partial charge < -0.3 is 15.2 Å². The monoisotopic (exact) mass is 379 g/mol. The highest BCUT2D eigenvalue weighted by molar-refractivity contribution is 6.10. The van der Waals surface area contributed by atoms with Gasteiger partial charge in [0.05, 0.1) is 11.1 Å². The van der Waals surface area contributed by atoms with Gasteiger partial charge in [0.25, 0.3) is 5.91 Å². The number of likely N-dealkylation sites (tertiary alicyclic amines) is 1.